The zero-order chi connectivity index (χ0) is 13.7. The maximum atomic E-state index is 11.9. The molecule has 1 atom stereocenters. The van der Waals surface area contributed by atoms with Crippen LogP contribution in [0.4, 0.5) is 11.4 Å². The lowest BCUT2D eigenvalue weighted by molar-refractivity contribution is -0.128. The molecule has 0 spiro atoms. The van der Waals surface area contributed by atoms with Gasteiger partial charge in [0.15, 0.2) is 0 Å². The van der Waals surface area contributed by atoms with Crippen LogP contribution >= 0.6 is 12.4 Å². The number of nitrogens with one attached hydrogen (secondary N) is 3. The molecular weight excluding hydrogens is 282 g/mol. The van der Waals surface area contributed by atoms with Crippen LogP contribution in [-0.2, 0) is 14.3 Å². The molecule has 2 rings (SSSR count). The summed E-state index contributed by atoms with van der Waals surface area (Å²) in [6.07, 6.45) is -0.455. The van der Waals surface area contributed by atoms with Gasteiger partial charge in [-0.25, -0.2) is 0 Å². The van der Waals surface area contributed by atoms with E-state index in [1.165, 1.54) is 6.92 Å². The van der Waals surface area contributed by atoms with Crippen LogP contribution in [0, 0.1) is 0 Å². The van der Waals surface area contributed by atoms with E-state index in [0.717, 1.165) is 6.54 Å². The third-order valence-corrected chi connectivity index (χ3v) is 2.69. The lowest BCUT2D eigenvalue weighted by atomic mass is 10.2. The molecule has 0 aromatic heterocycles. The largest absolute Gasteiger partial charge is 0.366 e. The quantitative estimate of drug-likeness (QED) is 0.778. The smallest absolute Gasteiger partial charge is 0.254 e. The molecule has 1 aliphatic rings. The van der Waals surface area contributed by atoms with Crippen molar-refractivity contribution in [2.24, 2.45) is 0 Å². The lowest BCUT2D eigenvalue weighted by Gasteiger charge is -2.22. The molecule has 1 aliphatic heterocycles. The minimum atomic E-state index is -0.455. The van der Waals surface area contributed by atoms with Gasteiger partial charge in [-0.05, 0) is 24.3 Å². The highest BCUT2D eigenvalue weighted by Gasteiger charge is 2.21. The molecule has 3 N–H and O–H groups in total. The second kappa shape index (κ2) is 7.84. The predicted molar refractivity (Wildman–Crippen MR) is 79.2 cm³/mol. The van der Waals surface area contributed by atoms with Crippen molar-refractivity contribution < 1.29 is 14.3 Å². The van der Waals surface area contributed by atoms with Crippen molar-refractivity contribution >= 4 is 35.6 Å². The Kier molecular flexibility index (Phi) is 6.44. The van der Waals surface area contributed by atoms with Gasteiger partial charge in [-0.2, -0.15) is 0 Å². The fourth-order valence-electron chi connectivity index (χ4n) is 1.80. The van der Waals surface area contributed by atoms with Crippen LogP contribution in [0.15, 0.2) is 24.3 Å². The van der Waals surface area contributed by atoms with Gasteiger partial charge < -0.3 is 20.7 Å². The third kappa shape index (κ3) is 4.80. The number of amides is 2. The van der Waals surface area contributed by atoms with E-state index in [-0.39, 0.29) is 24.2 Å². The molecule has 110 valence electrons. The molecule has 1 aromatic carbocycles. The first kappa shape index (κ1) is 16.4. The number of hydrogen-bond acceptors (Lipinski definition) is 4. The summed E-state index contributed by atoms with van der Waals surface area (Å²) < 4.78 is 5.36. The molecule has 1 aromatic rings. The molecule has 7 heteroatoms. The van der Waals surface area contributed by atoms with Crippen molar-refractivity contribution in [3.8, 4) is 0 Å². The molecule has 1 heterocycles. The van der Waals surface area contributed by atoms with E-state index < -0.39 is 6.10 Å². The molecule has 1 fully saturated rings. The highest BCUT2D eigenvalue weighted by atomic mass is 35.5. The van der Waals surface area contributed by atoms with E-state index in [9.17, 15) is 9.59 Å². The van der Waals surface area contributed by atoms with Crippen molar-refractivity contribution in [2.45, 2.75) is 13.0 Å². The number of carbonyl (C=O) groups is 2. The molecule has 0 saturated carbocycles. The number of carbonyl (C=O) groups excluding carboxylic acids is 2. The Hall–Kier alpha value is -1.63. The minimum Gasteiger partial charge on any atom is -0.366 e. The zero-order valence-corrected chi connectivity index (χ0v) is 12.0. The van der Waals surface area contributed by atoms with E-state index in [2.05, 4.69) is 16.0 Å². The summed E-state index contributed by atoms with van der Waals surface area (Å²) in [5.74, 6) is -0.294. The number of halogens is 1. The van der Waals surface area contributed by atoms with Crippen LogP contribution in [0.2, 0.25) is 0 Å². The Balaban J connectivity index is 0.00000200. The van der Waals surface area contributed by atoms with Gasteiger partial charge in [-0.1, -0.05) is 0 Å². The van der Waals surface area contributed by atoms with Gasteiger partial charge in [0.25, 0.3) is 5.91 Å². The number of morpholine rings is 1. The van der Waals surface area contributed by atoms with Crippen LogP contribution in [-0.4, -0.2) is 37.6 Å². The molecular formula is C13H18ClN3O3. The zero-order valence-electron chi connectivity index (χ0n) is 11.1. The summed E-state index contributed by atoms with van der Waals surface area (Å²) >= 11 is 0. The standard InChI is InChI=1S/C13H17N3O3.ClH/c1-9(17)15-10-2-4-11(5-3-10)16-13(18)12-8-14-6-7-19-12;/h2-5,12,14H,6-8H2,1H3,(H,15,17)(H,16,18);1H. The maximum absolute atomic E-state index is 11.9. The Morgan fingerprint density at radius 2 is 1.80 bits per heavy atom. The summed E-state index contributed by atoms with van der Waals surface area (Å²) in [5.41, 5.74) is 1.37. The first-order valence-corrected chi connectivity index (χ1v) is 6.16. The number of benzene rings is 1. The van der Waals surface area contributed by atoms with Crippen LogP contribution < -0.4 is 16.0 Å². The van der Waals surface area contributed by atoms with Gasteiger partial charge in [-0.3, -0.25) is 9.59 Å². The van der Waals surface area contributed by atoms with E-state index in [0.29, 0.717) is 24.5 Å². The fraction of sp³-hybridized carbons (Fsp3) is 0.385. The average molecular weight is 300 g/mol. The fourth-order valence-corrected chi connectivity index (χ4v) is 1.80. The molecule has 6 nitrogen and oxygen atoms in total. The van der Waals surface area contributed by atoms with Gasteiger partial charge in [0.1, 0.15) is 6.10 Å². The summed E-state index contributed by atoms with van der Waals surface area (Å²) in [7, 11) is 0. The molecule has 1 saturated heterocycles. The van der Waals surface area contributed by atoms with Gasteiger partial charge in [-0.15, -0.1) is 12.4 Å². The molecule has 1 unspecified atom stereocenters. The number of rotatable bonds is 3. The van der Waals surface area contributed by atoms with E-state index in [1.54, 1.807) is 24.3 Å². The summed E-state index contributed by atoms with van der Waals surface area (Å²) in [6, 6.07) is 6.94. The maximum Gasteiger partial charge on any atom is 0.254 e. The van der Waals surface area contributed by atoms with Crippen LogP contribution in [0.5, 0.6) is 0 Å². The average Bonchev–Trinajstić information content (AvgIpc) is 2.41. The molecule has 0 radical (unpaired) electrons. The number of hydrogen-bond donors (Lipinski definition) is 3. The van der Waals surface area contributed by atoms with Crippen LogP contribution in [0.1, 0.15) is 6.92 Å². The van der Waals surface area contributed by atoms with Gasteiger partial charge >= 0.3 is 0 Å². The SMILES string of the molecule is CC(=O)Nc1ccc(NC(=O)C2CNCCO2)cc1.Cl. The minimum absolute atomic E-state index is 0. The third-order valence-electron chi connectivity index (χ3n) is 2.69. The number of ether oxygens (including phenoxy) is 1. The highest BCUT2D eigenvalue weighted by molar-refractivity contribution is 5.95. The van der Waals surface area contributed by atoms with E-state index in [4.69, 9.17) is 4.74 Å². The van der Waals surface area contributed by atoms with Crippen molar-refractivity contribution in [1.29, 1.82) is 0 Å². The first-order chi connectivity index (χ1) is 9.15. The van der Waals surface area contributed by atoms with Gasteiger partial charge in [0, 0.05) is 31.4 Å². The van der Waals surface area contributed by atoms with Crippen molar-refractivity contribution in [1.82, 2.24) is 5.32 Å². The Morgan fingerprint density at radius 1 is 1.20 bits per heavy atom. The Labute approximate surface area is 123 Å². The van der Waals surface area contributed by atoms with Gasteiger partial charge in [0.05, 0.1) is 6.61 Å². The second-order valence-electron chi connectivity index (χ2n) is 4.31. The van der Waals surface area contributed by atoms with Crippen molar-refractivity contribution in [3.63, 3.8) is 0 Å². The molecule has 0 bridgehead atoms. The topological polar surface area (TPSA) is 79.5 Å². The Bertz CT molecular complexity index is 458. The number of anilines is 2. The van der Waals surface area contributed by atoms with Crippen LogP contribution in [0.3, 0.4) is 0 Å². The lowest BCUT2D eigenvalue weighted by Crippen LogP contribution is -2.45. The monoisotopic (exact) mass is 299 g/mol. The van der Waals surface area contributed by atoms with E-state index >= 15 is 0 Å². The summed E-state index contributed by atoms with van der Waals surface area (Å²) in [6.45, 7) is 3.29. The predicted octanol–water partition coefficient (Wildman–Crippen LogP) is 0.994. The van der Waals surface area contributed by atoms with Gasteiger partial charge in [0.2, 0.25) is 5.91 Å². The molecule has 0 aliphatic carbocycles. The van der Waals surface area contributed by atoms with Crippen LogP contribution in [0.25, 0.3) is 0 Å². The van der Waals surface area contributed by atoms with Crippen molar-refractivity contribution in [2.75, 3.05) is 30.3 Å². The Morgan fingerprint density at radius 3 is 2.30 bits per heavy atom. The highest BCUT2D eigenvalue weighted by Crippen LogP contribution is 2.14. The van der Waals surface area contributed by atoms with E-state index in [1.807, 2.05) is 0 Å². The first-order valence-electron chi connectivity index (χ1n) is 6.16. The summed E-state index contributed by atoms with van der Waals surface area (Å²) in [4.78, 5) is 22.8. The second-order valence-corrected chi connectivity index (χ2v) is 4.31. The molecule has 2 amide bonds. The molecule has 20 heavy (non-hydrogen) atoms. The normalized spacial score (nSPS) is 17.8. The summed E-state index contributed by atoms with van der Waals surface area (Å²) in [5, 5.41) is 8.54. The van der Waals surface area contributed by atoms with Crippen molar-refractivity contribution in [3.05, 3.63) is 24.3 Å².